The van der Waals surface area contributed by atoms with Crippen molar-refractivity contribution in [1.82, 2.24) is 0 Å². The van der Waals surface area contributed by atoms with Gasteiger partial charge in [0.15, 0.2) is 23.3 Å². The summed E-state index contributed by atoms with van der Waals surface area (Å²) in [5.41, 5.74) is 0. The van der Waals surface area contributed by atoms with Crippen LogP contribution in [-0.2, 0) is 42.9 Å². The van der Waals surface area contributed by atoms with Crippen LogP contribution in [0.5, 0.6) is 0 Å². The van der Waals surface area contributed by atoms with Crippen LogP contribution in [0.25, 0.3) is 0 Å². The van der Waals surface area contributed by atoms with Crippen molar-refractivity contribution in [2.75, 3.05) is 6.61 Å². The average Bonchev–Trinajstić information content (AvgIpc) is 2.42. The first-order valence-electron chi connectivity index (χ1n) is 7.06. The first-order chi connectivity index (χ1) is 11.1. The number of carbonyl (C=O) groups excluding carboxylic acids is 4. The largest absolute Gasteiger partial charge is 0.463 e. The van der Waals surface area contributed by atoms with E-state index < -0.39 is 53.3 Å². The smallest absolute Gasteiger partial charge is 0.303 e. The molecular formula is C14H19BrO9. The van der Waals surface area contributed by atoms with Gasteiger partial charge in [0.2, 0.25) is 0 Å². The standard InChI is InChI=1S/C14H19BrO9/c1-6(16)20-5-10-11(21-7(2)17)12(22-8(3)18)13(14(15)24-10)23-9(4)19/h10-14H,5H2,1-4H3/t10?,11-,12+,13?,14?/m1/s1. The molecule has 1 rings (SSSR count). The van der Waals surface area contributed by atoms with Crippen molar-refractivity contribution in [2.24, 2.45) is 0 Å². The highest BCUT2D eigenvalue weighted by atomic mass is 79.9. The second-order valence-electron chi connectivity index (χ2n) is 5.05. The SMILES string of the molecule is CC(=O)OCC1OC(Br)C(OC(C)=O)[C@@H](OC(C)=O)[C@@H]1OC(C)=O. The number of hydrogen-bond donors (Lipinski definition) is 0. The summed E-state index contributed by atoms with van der Waals surface area (Å²) in [5, 5.41) is -0.863. The fourth-order valence-corrected chi connectivity index (χ4v) is 2.86. The maximum absolute atomic E-state index is 11.4. The summed E-state index contributed by atoms with van der Waals surface area (Å²) in [6, 6.07) is 0. The maximum Gasteiger partial charge on any atom is 0.303 e. The van der Waals surface area contributed by atoms with Gasteiger partial charge < -0.3 is 23.7 Å². The Balaban J connectivity index is 3.11. The zero-order valence-electron chi connectivity index (χ0n) is 13.6. The van der Waals surface area contributed by atoms with Gasteiger partial charge in [-0.2, -0.15) is 0 Å². The number of halogens is 1. The van der Waals surface area contributed by atoms with Gasteiger partial charge in [0, 0.05) is 27.7 Å². The van der Waals surface area contributed by atoms with Crippen LogP contribution in [0.2, 0.25) is 0 Å². The van der Waals surface area contributed by atoms with Crippen molar-refractivity contribution >= 4 is 39.8 Å². The van der Waals surface area contributed by atoms with Crippen LogP contribution in [0.4, 0.5) is 0 Å². The zero-order valence-corrected chi connectivity index (χ0v) is 15.2. The lowest BCUT2D eigenvalue weighted by Crippen LogP contribution is -2.60. The van der Waals surface area contributed by atoms with Gasteiger partial charge in [-0.25, -0.2) is 0 Å². The molecule has 1 aliphatic rings. The Bertz CT molecular complexity index is 506. The molecule has 24 heavy (non-hydrogen) atoms. The van der Waals surface area contributed by atoms with Gasteiger partial charge >= 0.3 is 23.9 Å². The Morgan fingerprint density at radius 1 is 0.792 bits per heavy atom. The first kappa shape index (κ1) is 20.4. The normalized spacial score (nSPS) is 29.3. The third-order valence-electron chi connectivity index (χ3n) is 2.93. The van der Waals surface area contributed by atoms with Crippen LogP contribution in [0.3, 0.4) is 0 Å². The Labute approximate surface area is 147 Å². The molecule has 0 radical (unpaired) electrons. The average molecular weight is 411 g/mol. The predicted molar refractivity (Wildman–Crippen MR) is 80.9 cm³/mol. The molecule has 136 valence electrons. The molecule has 0 N–H and O–H groups in total. The highest BCUT2D eigenvalue weighted by Crippen LogP contribution is 2.31. The third kappa shape index (κ3) is 6.08. The zero-order chi connectivity index (χ0) is 18.4. The van der Waals surface area contributed by atoms with Gasteiger partial charge in [0.1, 0.15) is 12.7 Å². The number of esters is 4. The molecule has 3 unspecified atom stereocenters. The molecule has 1 saturated heterocycles. The molecule has 1 fully saturated rings. The Kier molecular flexibility index (Phi) is 7.61. The van der Waals surface area contributed by atoms with E-state index in [1.807, 2.05) is 0 Å². The first-order valence-corrected chi connectivity index (χ1v) is 7.98. The highest BCUT2D eigenvalue weighted by molar-refractivity contribution is 9.09. The van der Waals surface area contributed by atoms with Gasteiger partial charge in [0.05, 0.1) is 0 Å². The van der Waals surface area contributed by atoms with Gasteiger partial charge in [-0.05, 0) is 0 Å². The second-order valence-corrected chi connectivity index (χ2v) is 5.95. The number of rotatable bonds is 5. The van der Waals surface area contributed by atoms with E-state index >= 15 is 0 Å². The summed E-state index contributed by atoms with van der Waals surface area (Å²) >= 11 is 3.18. The van der Waals surface area contributed by atoms with Crippen molar-refractivity contribution in [3.63, 3.8) is 0 Å². The van der Waals surface area contributed by atoms with Crippen LogP contribution in [0.15, 0.2) is 0 Å². The molecule has 0 aromatic heterocycles. The van der Waals surface area contributed by atoms with Crippen molar-refractivity contribution in [3.05, 3.63) is 0 Å². The maximum atomic E-state index is 11.4. The van der Waals surface area contributed by atoms with Gasteiger partial charge in [-0.1, -0.05) is 15.9 Å². The van der Waals surface area contributed by atoms with E-state index in [9.17, 15) is 19.2 Å². The predicted octanol–water partition coefficient (Wildman–Crippen LogP) is 0.464. The van der Waals surface area contributed by atoms with E-state index in [0.717, 1.165) is 13.8 Å². The number of carbonyl (C=O) groups is 4. The van der Waals surface area contributed by atoms with Crippen molar-refractivity contribution in [2.45, 2.75) is 57.1 Å². The van der Waals surface area contributed by atoms with Crippen LogP contribution < -0.4 is 0 Å². The molecule has 0 spiro atoms. The summed E-state index contributed by atoms with van der Waals surface area (Å²) in [6.45, 7) is 4.47. The van der Waals surface area contributed by atoms with Crippen molar-refractivity contribution in [1.29, 1.82) is 0 Å². The van der Waals surface area contributed by atoms with Crippen LogP contribution in [-0.4, -0.2) is 59.9 Å². The fourth-order valence-electron chi connectivity index (χ4n) is 2.18. The lowest BCUT2D eigenvalue weighted by molar-refractivity contribution is -0.236. The minimum Gasteiger partial charge on any atom is -0.463 e. The number of hydrogen-bond acceptors (Lipinski definition) is 9. The van der Waals surface area contributed by atoms with E-state index in [2.05, 4.69) is 15.9 Å². The Morgan fingerprint density at radius 3 is 1.71 bits per heavy atom. The molecular weight excluding hydrogens is 392 g/mol. The topological polar surface area (TPSA) is 114 Å². The summed E-state index contributed by atoms with van der Waals surface area (Å²) in [5.74, 6) is -2.52. The summed E-state index contributed by atoms with van der Waals surface area (Å²) in [7, 11) is 0. The van der Waals surface area contributed by atoms with E-state index in [1.54, 1.807) is 0 Å². The molecule has 0 aromatic carbocycles. The molecule has 10 heteroatoms. The van der Waals surface area contributed by atoms with E-state index in [0.29, 0.717) is 0 Å². The van der Waals surface area contributed by atoms with E-state index in [-0.39, 0.29) is 6.61 Å². The Morgan fingerprint density at radius 2 is 1.25 bits per heavy atom. The van der Waals surface area contributed by atoms with Crippen LogP contribution >= 0.6 is 15.9 Å². The molecule has 0 bridgehead atoms. The minimum absolute atomic E-state index is 0.236. The highest BCUT2D eigenvalue weighted by Gasteiger charge is 2.51. The number of ether oxygens (including phenoxy) is 5. The second kappa shape index (κ2) is 8.97. The van der Waals surface area contributed by atoms with E-state index in [1.165, 1.54) is 13.8 Å². The summed E-state index contributed by atoms with van der Waals surface area (Å²) in [6.07, 6.45) is -4.22. The summed E-state index contributed by atoms with van der Waals surface area (Å²) in [4.78, 5) is 45.1. The monoisotopic (exact) mass is 410 g/mol. The minimum atomic E-state index is -1.13. The van der Waals surface area contributed by atoms with Crippen molar-refractivity contribution in [3.8, 4) is 0 Å². The molecule has 1 aliphatic heterocycles. The van der Waals surface area contributed by atoms with Gasteiger partial charge in [-0.15, -0.1) is 0 Å². The van der Waals surface area contributed by atoms with Crippen LogP contribution in [0, 0.1) is 0 Å². The molecule has 0 amide bonds. The fraction of sp³-hybridized carbons (Fsp3) is 0.714. The summed E-state index contributed by atoms with van der Waals surface area (Å²) < 4.78 is 25.9. The lowest BCUT2D eigenvalue weighted by atomic mass is 9.99. The number of alkyl halides is 1. The van der Waals surface area contributed by atoms with Crippen molar-refractivity contribution < 1.29 is 42.9 Å². The molecule has 0 aromatic rings. The van der Waals surface area contributed by atoms with Crippen LogP contribution in [0.1, 0.15) is 27.7 Å². The molecule has 5 atom stereocenters. The Hall–Kier alpha value is -1.68. The molecule has 9 nitrogen and oxygen atoms in total. The van der Waals surface area contributed by atoms with Gasteiger partial charge in [0.25, 0.3) is 0 Å². The molecule has 0 aliphatic carbocycles. The van der Waals surface area contributed by atoms with Gasteiger partial charge in [-0.3, -0.25) is 19.2 Å². The third-order valence-corrected chi connectivity index (χ3v) is 3.67. The lowest BCUT2D eigenvalue weighted by Gasteiger charge is -2.42. The van der Waals surface area contributed by atoms with E-state index in [4.69, 9.17) is 23.7 Å². The molecule has 0 saturated carbocycles. The molecule has 1 heterocycles. The quantitative estimate of drug-likeness (QED) is 0.362.